The van der Waals surface area contributed by atoms with Crippen LogP contribution >= 0.6 is 23.1 Å². The molecule has 0 bridgehead atoms. The monoisotopic (exact) mass is 291 g/mol. The van der Waals surface area contributed by atoms with Gasteiger partial charge >= 0.3 is 5.97 Å². The zero-order valence-electron chi connectivity index (χ0n) is 10.6. The van der Waals surface area contributed by atoms with Crippen LogP contribution in [0.3, 0.4) is 0 Å². The van der Waals surface area contributed by atoms with E-state index in [1.807, 2.05) is 0 Å². The van der Waals surface area contributed by atoms with Crippen LogP contribution in [0.15, 0.2) is 4.34 Å². The van der Waals surface area contributed by atoms with Gasteiger partial charge in [-0.1, -0.05) is 23.1 Å². The summed E-state index contributed by atoms with van der Waals surface area (Å²) in [6.45, 7) is 5.50. The third-order valence-corrected chi connectivity index (χ3v) is 4.20. The second-order valence-corrected chi connectivity index (χ2v) is 5.99. The number of nitrogens with zero attached hydrogens (tertiary/aromatic N) is 3. The number of carbonyl (C=O) groups is 1. The van der Waals surface area contributed by atoms with Gasteiger partial charge in [-0.15, -0.1) is 10.2 Å². The van der Waals surface area contributed by atoms with E-state index in [1.54, 1.807) is 7.11 Å². The number of carboxylic acids is 1. The topological polar surface area (TPSA) is 75.5 Å². The van der Waals surface area contributed by atoms with E-state index in [0.29, 0.717) is 17.0 Å². The smallest absolute Gasteiger partial charge is 0.313 e. The summed E-state index contributed by atoms with van der Waals surface area (Å²) in [5, 5.41) is 17.5. The van der Waals surface area contributed by atoms with Gasteiger partial charge in [0.25, 0.3) is 0 Å². The number of hydrogen-bond acceptors (Lipinski definition) is 7. The van der Waals surface area contributed by atoms with Crippen molar-refractivity contribution in [2.24, 2.45) is 0 Å². The van der Waals surface area contributed by atoms with Crippen LogP contribution in [0.4, 0.5) is 5.13 Å². The van der Waals surface area contributed by atoms with E-state index in [9.17, 15) is 4.79 Å². The van der Waals surface area contributed by atoms with Crippen molar-refractivity contribution in [3.63, 3.8) is 0 Å². The maximum absolute atomic E-state index is 10.5. The Bertz CT molecular complexity index is 384. The number of ether oxygens (including phenoxy) is 1. The largest absolute Gasteiger partial charge is 0.481 e. The Morgan fingerprint density at radius 1 is 1.56 bits per heavy atom. The zero-order chi connectivity index (χ0) is 13.5. The van der Waals surface area contributed by atoms with Gasteiger partial charge in [0.2, 0.25) is 5.13 Å². The lowest BCUT2D eigenvalue weighted by Crippen LogP contribution is -2.33. The minimum Gasteiger partial charge on any atom is -0.481 e. The minimum absolute atomic E-state index is 0.00832. The summed E-state index contributed by atoms with van der Waals surface area (Å²) in [7, 11) is 1.66. The summed E-state index contributed by atoms with van der Waals surface area (Å²) < 4.78 is 5.74. The molecule has 0 saturated carbocycles. The average molecular weight is 291 g/mol. The van der Waals surface area contributed by atoms with Gasteiger partial charge in [-0.3, -0.25) is 4.79 Å². The highest BCUT2D eigenvalue weighted by Crippen LogP contribution is 2.28. The van der Waals surface area contributed by atoms with Crippen LogP contribution in [0.1, 0.15) is 13.8 Å². The number of hydrogen-bond donors (Lipinski definition) is 1. The molecule has 0 amide bonds. The van der Waals surface area contributed by atoms with Crippen molar-refractivity contribution in [2.45, 2.75) is 24.2 Å². The van der Waals surface area contributed by atoms with Crippen LogP contribution in [-0.2, 0) is 9.53 Å². The number of aromatic nitrogens is 2. The molecule has 1 aromatic rings. The first-order valence-electron chi connectivity index (χ1n) is 5.48. The molecule has 0 aliphatic carbocycles. The predicted octanol–water partition coefficient (Wildman–Crippen LogP) is 1.58. The van der Waals surface area contributed by atoms with Gasteiger partial charge in [-0.05, 0) is 13.8 Å². The summed E-state index contributed by atoms with van der Waals surface area (Å²) >= 11 is 2.60. The number of rotatable bonds is 8. The van der Waals surface area contributed by atoms with Crippen LogP contribution in [0.2, 0.25) is 0 Å². The highest BCUT2D eigenvalue weighted by atomic mass is 32.2. The number of thioether (sulfide) groups is 1. The first-order valence-corrected chi connectivity index (χ1v) is 7.28. The number of methoxy groups -OCH3 is 1. The fourth-order valence-corrected chi connectivity index (χ4v) is 2.99. The molecule has 8 heteroatoms. The highest BCUT2D eigenvalue weighted by molar-refractivity contribution is 8.01. The molecule has 0 spiro atoms. The van der Waals surface area contributed by atoms with Crippen LogP contribution in [0, 0.1) is 0 Å². The Morgan fingerprint density at radius 3 is 2.83 bits per heavy atom. The Balaban J connectivity index is 2.65. The Hall–Kier alpha value is -0.860. The molecule has 6 nitrogen and oxygen atoms in total. The van der Waals surface area contributed by atoms with E-state index in [-0.39, 0.29) is 5.75 Å². The molecule has 0 saturated heterocycles. The molecule has 0 fully saturated rings. The molecule has 1 aromatic heterocycles. The molecule has 0 aliphatic heterocycles. The Kier molecular flexibility index (Phi) is 6.37. The van der Waals surface area contributed by atoms with E-state index in [0.717, 1.165) is 11.7 Å². The molecule has 1 rings (SSSR count). The first-order chi connectivity index (χ1) is 8.54. The number of carboxylic acid groups (broad SMARTS) is 1. The summed E-state index contributed by atoms with van der Waals surface area (Å²) in [4.78, 5) is 12.6. The Labute approximate surface area is 114 Å². The highest BCUT2D eigenvalue weighted by Gasteiger charge is 2.16. The van der Waals surface area contributed by atoms with Gasteiger partial charge in [0.15, 0.2) is 4.34 Å². The minimum atomic E-state index is -0.850. The third-order valence-electron chi connectivity index (χ3n) is 2.12. The number of anilines is 1. The van der Waals surface area contributed by atoms with Gasteiger partial charge in [-0.2, -0.15) is 0 Å². The van der Waals surface area contributed by atoms with E-state index in [1.165, 1.54) is 23.1 Å². The summed E-state index contributed by atoms with van der Waals surface area (Å²) in [5.74, 6) is -0.842. The van der Waals surface area contributed by atoms with Gasteiger partial charge < -0.3 is 14.7 Å². The van der Waals surface area contributed by atoms with Gasteiger partial charge in [0, 0.05) is 19.7 Å². The number of aliphatic carboxylic acids is 1. The fraction of sp³-hybridized carbons (Fsp3) is 0.700. The standard InChI is InChI=1S/C10H17N3O3S2/c1-7(2)13(4-5-16-3)9-11-12-10(18-9)17-6-8(14)15/h7H,4-6H2,1-3H3,(H,14,15). The Morgan fingerprint density at radius 2 is 2.28 bits per heavy atom. The quantitative estimate of drug-likeness (QED) is 0.729. The molecular formula is C10H17N3O3S2. The average Bonchev–Trinajstić information content (AvgIpc) is 2.75. The van der Waals surface area contributed by atoms with E-state index in [2.05, 4.69) is 28.9 Å². The van der Waals surface area contributed by atoms with E-state index >= 15 is 0 Å². The normalized spacial score (nSPS) is 10.9. The van der Waals surface area contributed by atoms with Crippen molar-refractivity contribution in [2.75, 3.05) is 30.9 Å². The maximum atomic E-state index is 10.5. The maximum Gasteiger partial charge on any atom is 0.313 e. The zero-order valence-corrected chi connectivity index (χ0v) is 12.3. The second kappa shape index (κ2) is 7.55. The molecule has 1 N–H and O–H groups in total. The molecule has 0 aliphatic rings. The molecular weight excluding hydrogens is 274 g/mol. The van der Waals surface area contributed by atoms with Crippen LogP contribution < -0.4 is 4.90 Å². The van der Waals surface area contributed by atoms with E-state index < -0.39 is 5.97 Å². The second-order valence-electron chi connectivity index (χ2n) is 3.81. The third kappa shape index (κ3) is 4.79. The van der Waals surface area contributed by atoms with Crippen molar-refractivity contribution < 1.29 is 14.6 Å². The molecule has 0 unspecified atom stereocenters. The van der Waals surface area contributed by atoms with Gasteiger partial charge in [0.1, 0.15) is 0 Å². The van der Waals surface area contributed by atoms with Gasteiger partial charge in [-0.25, -0.2) is 0 Å². The molecule has 0 atom stereocenters. The van der Waals surface area contributed by atoms with Crippen molar-refractivity contribution in [1.82, 2.24) is 10.2 Å². The van der Waals surface area contributed by atoms with Crippen LogP contribution in [0.25, 0.3) is 0 Å². The summed E-state index contributed by atoms with van der Waals surface area (Å²) in [6, 6.07) is 0.297. The van der Waals surface area contributed by atoms with Crippen molar-refractivity contribution in [3.05, 3.63) is 0 Å². The summed E-state index contributed by atoms with van der Waals surface area (Å²) in [6.07, 6.45) is 0. The first kappa shape index (κ1) is 15.2. The lowest BCUT2D eigenvalue weighted by atomic mass is 10.3. The van der Waals surface area contributed by atoms with Crippen LogP contribution in [-0.4, -0.2) is 53.3 Å². The van der Waals surface area contributed by atoms with Crippen molar-refractivity contribution >= 4 is 34.2 Å². The molecule has 18 heavy (non-hydrogen) atoms. The predicted molar refractivity (Wildman–Crippen MR) is 72.6 cm³/mol. The lowest BCUT2D eigenvalue weighted by molar-refractivity contribution is -0.133. The molecule has 1 heterocycles. The van der Waals surface area contributed by atoms with Crippen molar-refractivity contribution in [3.8, 4) is 0 Å². The molecule has 102 valence electrons. The summed E-state index contributed by atoms with van der Waals surface area (Å²) in [5.41, 5.74) is 0. The van der Waals surface area contributed by atoms with Crippen molar-refractivity contribution in [1.29, 1.82) is 0 Å². The SMILES string of the molecule is COCCN(c1nnc(SCC(=O)O)s1)C(C)C. The lowest BCUT2D eigenvalue weighted by Gasteiger charge is -2.24. The van der Waals surface area contributed by atoms with E-state index in [4.69, 9.17) is 9.84 Å². The molecule has 0 aromatic carbocycles. The van der Waals surface area contributed by atoms with Gasteiger partial charge in [0.05, 0.1) is 12.4 Å². The fourth-order valence-electron chi connectivity index (χ4n) is 1.26. The molecule has 0 radical (unpaired) electrons. The van der Waals surface area contributed by atoms with Crippen LogP contribution in [0.5, 0.6) is 0 Å².